The molecule has 4 heteroatoms. The monoisotopic (exact) mass is 275 g/mol. The Balaban J connectivity index is 1.95. The number of carbonyl (C=O) groups is 2. The first kappa shape index (κ1) is 14.6. The molecule has 4 nitrogen and oxygen atoms in total. The lowest BCUT2D eigenvalue weighted by Gasteiger charge is -2.32. The van der Waals surface area contributed by atoms with Gasteiger partial charge in [0.2, 0.25) is 5.91 Å². The topological polar surface area (TPSA) is 55.4 Å². The minimum absolute atomic E-state index is 0.0934. The third-order valence-electron chi connectivity index (χ3n) is 3.88. The van der Waals surface area contributed by atoms with Gasteiger partial charge in [-0.1, -0.05) is 31.4 Å². The first-order chi connectivity index (χ1) is 9.67. The van der Waals surface area contributed by atoms with E-state index in [1.807, 2.05) is 24.3 Å². The van der Waals surface area contributed by atoms with Crippen LogP contribution >= 0.6 is 0 Å². The highest BCUT2D eigenvalue weighted by molar-refractivity contribution is 5.83. The van der Waals surface area contributed by atoms with Gasteiger partial charge in [-0.2, -0.15) is 0 Å². The summed E-state index contributed by atoms with van der Waals surface area (Å²) in [7, 11) is 1.61. The second-order valence-electron chi connectivity index (χ2n) is 5.41. The van der Waals surface area contributed by atoms with Crippen LogP contribution in [0.2, 0.25) is 0 Å². The lowest BCUT2D eigenvalue weighted by atomic mass is 9.82. The molecule has 0 radical (unpaired) electrons. The molecule has 20 heavy (non-hydrogen) atoms. The van der Waals surface area contributed by atoms with Gasteiger partial charge in [-0.15, -0.1) is 0 Å². The van der Waals surface area contributed by atoms with Crippen molar-refractivity contribution in [1.29, 1.82) is 0 Å². The van der Waals surface area contributed by atoms with Gasteiger partial charge in [0.15, 0.2) is 0 Å². The van der Waals surface area contributed by atoms with Crippen LogP contribution in [0, 0.1) is 0 Å². The van der Waals surface area contributed by atoms with Gasteiger partial charge in [0.1, 0.15) is 12.0 Å². The summed E-state index contributed by atoms with van der Waals surface area (Å²) in [6.45, 7) is 0. The smallest absolute Gasteiger partial charge is 0.225 e. The minimum atomic E-state index is -0.637. The van der Waals surface area contributed by atoms with Crippen molar-refractivity contribution in [3.8, 4) is 5.75 Å². The maximum absolute atomic E-state index is 12.1. The number of nitrogens with one attached hydrogen (secondary N) is 1. The van der Waals surface area contributed by atoms with Crippen molar-refractivity contribution in [2.75, 3.05) is 7.11 Å². The van der Waals surface area contributed by atoms with Gasteiger partial charge < -0.3 is 14.8 Å². The zero-order valence-corrected chi connectivity index (χ0v) is 11.9. The summed E-state index contributed by atoms with van der Waals surface area (Å²) in [5.41, 5.74) is 0.280. The van der Waals surface area contributed by atoms with Gasteiger partial charge in [0, 0.05) is 0 Å². The van der Waals surface area contributed by atoms with E-state index in [2.05, 4.69) is 5.32 Å². The summed E-state index contributed by atoms with van der Waals surface area (Å²) in [5.74, 6) is 0.676. The number of hydrogen-bond donors (Lipinski definition) is 1. The van der Waals surface area contributed by atoms with Gasteiger partial charge in [-0.3, -0.25) is 4.79 Å². The molecular weight excluding hydrogens is 254 g/mol. The zero-order chi connectivity index (χ0) is 14.4. The van der Waals surface area contributed by atoms with E-state index in [9.17, 15) is 9.59 Å². The quantitative estimate of drug-likeness (QED) is 0.839. The lowest BCUT2D eigenvalue weighted by molar-refractivity contribution is -0.127. The van der Waals surface area contributed by atoms with E-state index in [0.29, 0.717) is 6.42 Å². The molecule has 0 aliphatic heterocycles. The average molecular weight is 275 g/mol. The van der Waals surface area contributed by atoms with Crippen LogP contribution in [0.4, 0.5) is 0 Å². The Morgan fingerprint density at radius 3 is 2.45 bits per heavy atom. The molecule has 1 aliphatic rings. The molecule has 0 aromatic heterocycles. The summed E-state index contributed by atoms with van der Waals surface area (Å²) >= 11 is 0. The predicted octanol–water partition coefficient (Wildman–Crippen LogP) is 2.26. The number of rotatable bonds is 5. The normalized spacial score (nSPS) is 17.2. The standard InChI is InChI=1S/C16H21NO3/c1-20-14-7-5-13(6-8-14)11-15(19)17-16(12-18)9-3-2-4-10-16/h5-8,12H,2-4,9-11H2,1H3,(H,17,19). The highest BCUT2D eigenvalue weighted by atomic mass is 16.5. The highest BCUT2D eigenvalue weighted by Gasteiger charge is 2.32. The molecule has 1 aromatic rings. The van der Waals surface area contributed by atoms with Crippen LogP contribution in [0.15, 0.2) is 24.3 Å². The molecule has 1 aromatic carbocycles. The van der Waals surface area contributed by atoms with Crippen molar-refractivity contribution >= 4 is 12.2 Å². The number of benzene rings is 1. The number of ether oxygens (including phenoxy) is 1. The van der Waals surface area contributed by atoms with Crippen LogP contribution in [0.5, 0.6) is 5.75 Å². The van der Waals surface area contributed by atoms with E-state index in [-0.39, 0.29) is 5.91 Å². The number of amides is 1. The number of aldehydes is 1. The third-order valence-corrected chi connectivity index (χ3v) is 3.88. The maximum atomic E-state index is 12.1. The van der Waals surface area contributed by atoms with Gasteiger partial charge in [-0.05, 0) is 30.5 Å². The van der Waals surface area contributed by atoms with E-state index < -0.39 is 5.54 Å². The van der Waals surface area contributed by atoms with Gasteiger partial charge in [-0.25, -0.2) is 0 Å². The molecule has 1 N–H and O–H groups in total. The molecule has 0 bridgehead atoms. The third kappa shape index (κ3) is 3.59. The Hall–Kier alpha value is -1.84. The first-order valence-corrected chi connectivity index (χ1v) is 7.08. The van der Waals surface area contributed by atoms with Crippen molar-refractivity contribution in [1.82, 2.24) is 5.32 Å². The van der Waals surface area contributed by atoms with Crippen molar-refractivity contribution in [2.24, 2.45) is 0 Å². The van der Waals surface area contributed by atoms with Crippen LogP contribution in [0.1, 0.15) is 37.7 Å². The Kier molecular flexibility index (Phi) is 4.77. The van der Waals surface area contributed by atoms with Crippen molar-refractivity contribution in [3.05, 3.63) is 29.8 Å². The molecule has 2 rings (SSSR count). The molecule has 1 fully saturated rings. The Morgan fingerprint density at radius 2 is 1.90 bits per heavy atom. The summed E-state index contributed by atoms with van der Waals surface area (Å²) < 4.78 is 5.08. The summed E-state index contributed by atoms with van der Waals surface area (Å²) in [5, 5.41) is 2.92. The fourth-order valence-electron chi connectivity index (χ4n) is 2.71. The van der Waals surface area contributed by atoms with E-state index in [4.69, 9.17) is 4.74 Å². The molecule has 0 heterocycles. The molecule has 108 valence electrons. The second-order valence-corrected chi connectivity index (χ2v) is 5.41. The van der Waals surface area contributed by atoms with E-state index in [1.54, 1.807) is 7.11 Å². The Bertz CT molecular complexity index is 461. The lowest BCUT2D eigenvalue weighted by Crippen LogP contribution is -2.51. The summed E-state index contributed by atoms with van der Waals surface area (Å²) in [4.78, 5) is 23.4. The molecule has 1 saturated carbocycles. The average Bonchev–Trinajstić information content (AvgIpc) is 2.49. The molecule has 1 amide bonds. The summed E-state index contributed by atoms with van der Waals surface area (Å²) in [6.07, 6.45) is 5.86. The van der Waals surface area contributed by atoms with Crippen LogP contribution in [0.25, 0.3) is 0 Å². The molecule has 0 saturated heterocycles. The predicted molar refractivity (Wildman–Crippen MR) is 76.7 cm³/mol. The number of hydrogen-bond acceptors (Lipinski definition) is 3. The second kappa shape index (κ2) is 6.55. The number of carbonyl (C=O) groups excluding carboxylic acids is 2. The largest absolute Gasteiger partial charge is 0.497 e. The maximum Gasteiger partial charge on any atom is 0.225 e. The molecule has 1 aliphatic carbocycles. The number of methoxy groups -OCH3 is 1. The SMILES string of the molecule is COc1ccc(CC(=O)NC2(C=O)CCCCC2)cc1. The van der Waals surface area contributed by atoms with Gasteiger partial charge >= 0.3 is 0 Å². The van der Waals surface area contributed by atoms with E-state index >= 15 is 0 Å². The van der Waals surface area contributed by atoms with E-state index in [1.165, 1.54) is 0 Å². The molecular formula is C16H21NO3. The van der Waals surface area contributed by atoms with Gasteiger partial charge in [0.05, 0.1) is 19.1 Å². The molecule has 0 spiro atoms. The first-order valence-electron chi connectivity index (χ1n) is 7.08. The zero-order valence-electron chi connectivity index (χ0n) is 11.9. The van der Waals surface area contributed by atoms with Crippen LogP contribution < -0.4 is 10.1 Å². The van der Waals surface area contributed by atoms with Crippen molar-refractivity contribution in [3.63, 3.8) is 0 Å². The van der Waals surface area contributed by atoms with Gasteiger partial charge in [0.25, 0.3) is 0 Å². The fourth-order valence-corrected chi connectivity index (χ4v) is 2.71. The van der Waals surface area contributed by atoms with E-state index in [0.717, 1.165) is 49.7 Å². The molecule has 0 unspecified atom stereocenters. The Labute approximate surface area is 119 Å². The Morgan fingerprint density at radius 1 is 1.25 bits per heavy atom. The van der Waals surface area contributed by atoms with Crippen molar-refractivity contribution < 1.29 is 14.3 Å². The van der Waals surface area contributed by atoms with Crippen LogP contribution in [-0.4, -0.2) is 24.8 Å². The molecule has 0 atom stereocenters. The fraction of sp³-hybridized carbons (Fsp3) is 0.500. The minimum Gasteiger partial charge on any atom is -0.497 e. The summed E-state index contributed by atoms with van der Waals surface area (Å²) in [6, 6.07) is 7.40. The van der Waals surface area contributed by atoms with Crippen LogP contribution in [-0.2, 0) is 16.0 Å². The highest BCUT2D eigenvalue weighted by Crippen LogP contribution is 2.26. The van der Waals surface area contributed by atoms with Crippen molar-refractivity contribution in [2.45, 2.75) is 44.1 Å². The van der Waals surface area contributed by atoms with Crippen LogP contribution in [0.3, 0.4) is 0 Å².